The maximum Gasteiger partial charge on any atom is 0.318 e. The van der Waals surface area contributed by atoms with E-state index in [0.29, 0.717) is 18.5 Å². The van der Waals surface area contributed by atoms with Gasteiger partial charge in [-0.25, -0.2) is 4.98 Å². The third-order valence-corrected chi connectivity index (χ3v) is 2.60. The van der Waals surface area contributed by atoms with Gasteiger partial charge in [-0.15, -0.1) is 12.4 Å². The third-order valence-electron chi connectivity index (χ3n) is 2.60. The lowest BCUT2D eigenvalue weighted by Crippen LogP contribution is -2.16. The van der Waals surface area contributed by atoms with Gasteiger partial charge in [0.05, 0.1) is 6.61 Å². The first-order valence-electron chi connectivity index (χ1n) is 5.79. The normalized spacial score (nSPS) is 18.5. The Balaban J connectivity index is 0.00000144. The fourth-order valence-corrected chi connectivity index (χ4v) is 1.74. The van der Waals surface area contributed by atoms with Gasteiger partial charge in [0.1, 0.15) is 5.82 Å². The van der Waals surface area contributed by atoms with Crippen LogP contribution in [0.3, 0.4) is 0 Å². The van der Waals surface area contributed by atoms with Crippen LogP contribution in [0.25, 0.3) is 0 Å². The number of ether oxygens (including phenoxy) is 1. The molecule has 0 radical (unpaired) electrons. The largest absolute Gasteiger partial charge is 0.463 e. The van der Waals surface area contributed by atoms with E-state index in [-0.39, 0.29) is 12.4 Å². The van der Waals surface area contributed by atoms with E-state index in [1.165, 1.54) is 6.42 Å². The van der Waals surface area contributed by atoms with Gasteiger partial charge in [0.15, 0.2) is 0 Å². The molecule has 17 heavy (non-hydrogen) atoms. The predicted molar refractivity (Wildman–Crippen MR) is 69.9 cm³/mol. The average Bonchev–Trinajstić information content (AvgIpc) is 2.80. The van der Waals surface area contributed by atoms with Crippen molar-refractivity contribution in [1.29, 1.82) is 0 Å². The van der Waals surface area contributed by atoms with Gasteiger partial charge in [-0.2, -0.15) is 4.98 Å². The molecule has 0 aromatic carbocycles. The Morgan fingerprint density at radius 1 is 1.59 bits per heavy atom. The lowest BCUT2D eigenvalue weighted by molar-refractivity contribution is 0.241. The third kappa shape index (κ3) is 4.36. The summed E-state index contributed by atoms with van der Waals surface area (Å²) < 4.78 is 5.57. The molecule has 0 aliphatic carbocycles. The number of hydrogen-bond acceptors (Lipinski definition) is 5. The molecule has 2 N–H and O–H groups in total. The number of nitrogens with zero attached hydrogens (tertiary/aromatic N) is 2. The quantitative estimate of drug-likeness (QED) is 0.834. The van der Waals surface area contributed by atoms with Gasteiger partial charge >= 0.3 is 6.01 Å². The Morgan fingerprint density at radius 2 is 2.47 bits per heavy atom. The summed E-state index contributed by atoms with van der Waals surface area (Å²) >= 11 is 0. The highest BCUT2D eigenvalue weighted by molar-refractivity contribution is 5.85. The summed E-state index contributed by atoms with van der Waals surface area (Å²) in [6.07, 6.45) is 2.89. The molecule has 0 bridgehead atoms. The molecule has 6 heteroatoms. The number of rotatable bonds is 5. The number of aromatic nitrogens is 2. The van der Waals surface area contributed by atoms with Crippen molar-refractivity contribution in [2.75, 3.05) is 31.6 Å². The van der Waals surface area contributed by atoms with Gasteiger partial charge in [0.25, 0.3) is 0 Å². The highest BCUT2D eigenvalue weighted by Gasteiger charge is 2.15. The van der Waals surface area contributed by atoms with Crippen molar-refractivity contribution in [3.05, 3.63) is 12.3 Å². The van der Waals surface area contributed by atoms with E-state index in [1.54, 1.807) is 6.20 Å². The molecule has 2 heterocycles. The molecule has 1 saturated heterocycles. The molecule has 1 aliphatic heterocycles. The minimum Gasteiger partial charge on any atom is -0.463 e. The summed E-state index contributed by atoms with van der Waals surface area (Å²) in [6.45, 7) is 5.71. The minimum absolute atomic E-state index is 0. The van der Waals surface area contributed by atoms with Crippen molar-refractivity contribution in [3.63, 3.8) is 0 Å². The van der Waals surface area contributed by atoms with Gasteiger partial charge in [-0.3, -0.25) is 0 Å². The summed E-state index contributed by atoms with van der Waals surface area (Å²) in [5.41, 5.74) is 0. The van der Waals surface area contributed by atoms with E-state index in [9.17, 15) is 0 Å². The van der Waals surface area contributed by atoms with Gasteiger partial charge in [0.2, 0.25) is 0 Å². The molecule has 1 aromatic rings. The molecule has 1 aliphatic rings. The molecule has 1 aromatic heterocycles. The standard InChI is InChI=1S/C11H18N4O.ClH/c1-2-13-10-4-6-14-11(15-10)16-8-9-3-5-12-7-9;/h4,6,9,12H,2-3,5,7-8H2,1H3,(H,13,14,15);1H. The van der Waals surface area contributed by atoms with Crippen LogP contribution in [0.4, 0.5) is 5.82 Å². The van der Waals surface area contributed by atoms with Crippen LogP contribution >= 0.6 is 12.4 Å². The summed E-state index contributed by atoms with van der Waals surface area (Å²) in [6, 6.07) is 2.30. The topological polar surface area (TPSA) is 59.1 Å². The Bertz CT molecular complexity index is 331. The summed E-state index contributed by atoms with van der Waals surface area (Å²) in [5.74, 6) is 1.41. The minimum atomic E-state index is 0. The zero-order valence-electron chi connectivity index (χ0n) is 9.98. The van der Waals surface area contributed by atoms with Gasteiger partial charge < -0.3 is 15.4 Å². The second kappa shape index (κ2) is 7.29. The Hall–Kier alpha value is -1.07. The van der Waals surface area contributed by atoms with Crippen molar-refractivity contribution in [2.45, 2.75) is 13.3 Å². The van der Waals surface area contributed by atoms with Crippen molar-refractivity contribution < 1.29 is 4.74 Å². The maximum atomic E-state index is 5.57. The van der Waals surface area contributed by atoms with E-state index >= 15 is 0 Å². The first-order valence-corrected chi connectivity index (χ1v) is 5.79. The monoisotopic (exact) mass is 258 g/mol. The van der Waals surface area contributed by atoms with Gasteiger partial charge in [0, 0.05) is 25.2 Å². The van der Waals surface area contributed by atoms with E-state index in [2.05, 4.69) is 20.6 Å². The molecule has 96 valence electrons. The number of hydrogen-bond donors (Lipinski definition) is 2. The predicted octanol–water partition coefficient (Wildman–Crippen LogP) is 1.32. The van der Waals surface area contributed by atoms with Crippen molar-refractivity contribution in [3.8, 4) is 6.01 Å². The molecule has 0 amide bonds. The summed E-state index contributed by atoms with van der Waals surface area (Å²) in [7, 11) is 0. The van der Waals surface area contributed by atoms with Crippen LogP contribution in [-0.2, 0) is 0 Å². The first kappa shape index (κ1) is 14.0. The lowest BCUT2D eigenvalue weighted by Gasteiger charge is -2.09. The van der Waals surface area contributed by atoms with Crippen LogP contribution < -0.4 is 15.4 Å². The number of halogens is 1. The molecular weight excluding hydrogens is 240 g/mol. The van der Waals surface area contributed by atoms with Crippen molar-refractivity contribution in [2.24, 2.45) is 5.92 Å². The second-order valence-electron chi connectivity index (χ2n) is 3.92. The molecule has 0 saturated carbocycles. The zero-order chi connectivity index (χ0) is 11.2. The molecular formula is C11H19ClN4O. The Morgan fingerprint density at radius 3 is 3.18 bits per heavy atom. The number of anilines is 1. The van der Waals surface area contributed by atoms with Crippen LogP contribution in [0.1, 0.15) is 13.3 Å². The van der Waals surface area contributed by atoms with Crippen LogP contribution in [0.2, 0.25) is 0 Å². The Kier molecular flexibility index (Phi) is 6.00. The van der Waals surface area contributed by atoms with Crippen LogP contribution in [0.5, 0.6) is 6.01 Å². The van der Waals surface area contributed by atoms with E-state index in [1.807, 2.05) is 13.0 Å². The molecule has 1 unspecified atom stereocenters. The fraction of sp³-hybridized carbons (Fsp3) is 0.636. The lowest BCUT2D eigenvalue weighted by atomic mass is 10.1. The summed E-state index contributed by atoms with van der Waals surface area (Å²) in [5, 5.41) is 6.44. The SMILES string of the molecule is CCNc1ccnc(OCC2CCNC2)n1.Cl. The van der Waals surface area contributed by atoms with Crippen LogP contribution in [0, 0.1) is 5.92 Å². The van der Waals surface area contributed by atoms with Crippen molar-refractivity contribution >= 4 is 18.2 Å². The zero-order valence-corrected chi connectivity index (χ0v) is 10.8. The first-order chi connectivity index (χ1) is 7.88. The van der Waals surface area contributed by atoms with Crippen LogP contribution in [-0.4, -0.2) is 36.2 Å². The maximum absolute atomic E-state index is 5.57. The highest BCUT2D eigenvalue weighted by Crippen LogP contribution is 2.11. The van der Waals surface area contributed by atoms with Gasteiger partial charge in [-0.05, 0) is 26.0 Å². The van der Waals surface area contributed by atoms with E-state index in [0.717, 1.165) is 25.5 Å². The van der Waals surface area contributed by atoms with Gasteiger partial charge in [-0.1, -0.05) is 0 Å². The average molecular weight is 259 g/mol. The molecule has 5 nitrogen and oxygen atoms in total. The second-order valence-corrected chi connectivity index (χ2v) is 3.92. The summed E-state index contributed by atoms with van der Waals surface area (Å²) in [4.78, 5) is 8.35. The molecule has 1 fully saturated rings. The van der Waals surface area contributed by atoms with E-state index < -0.39 is 0 Å². The highest BCUT2D eigenvalue weighted by atomic mass is 35.5. The molecule has 1 atom stereocenters. The Labute approximate surface area is 108 Å². The number of nitrogens with one attached hydrogen (secondary N) is 2. The van der Waals surface area contributed by atoms with E-state index in [4.69, 9.17) is 4.74 Å². The van der Waals surface area contributed by atoms with Crippen LogP contribution in [0.15, 0.2) is 12.3 Å². The molecule has 0 spiro atoms. The smallest absolute Gasteiger partial charge is 0.318 e. The molecule has 2 rings (SSSR count). The van der Waals surface area contributed by atoms with Crippen molar-refractivity contribution in [1.82, 2.24) is 15.3 Å². The fourth-order valence-electron chi connectivity index (χ4n) is 1.74.